The molecular formula is C25H30N4O2. The Labute approximate surface area is 183 Å². The zero-order valence-electron chi connectivity index (χ0n) is 18.3. The Kier molecular flexibility index (Phi) is 5.40. The van der Waals surface area contributed by atoms with E-state index in [2.05, 4.69) is 36.5 Å². The second-order valence-electron chi connectivity index (χ2n) is 8.81. The molecule has 1 amide bonds. The number of aromatic nitrogens is 2. The van der Waals surface area contributed by atoms with Crippen molar-refractivity contribution in [3.63, 3.8) is 0 Å². The fourth-order valence-corrected chi connectivity index (χ4v) is 5.16. The maximum atomic E-state index is 13.3. The Morgan fingerprint density at radius 2 is 1.94 bits per heavy atom. The number of nitrogens with one attached hydrogen (secondary N) is 1. The zero-order chi connectivity index (χ0) is 21.4. The molecule has 2 aliphatic carbocycles. The predicted octanol–water partition coefficient (Wildman–Crippen LogP) is 3.38. The molecule has 1 N–H and O–H groups in total. The monoisotopic (exact) mass is 418 g/mol. The van der Waals surface area contributed by atoms with Gasteiger partial charge >= 0.3 is 0 Å². The smallest absolute Gasteiger partial charge is 0.274 e. The summed E-state index contributed by atoms with van der Waals surface area (Å²) in [5.74, 6) is 0.744. The molecule has 6 nitrogen and oxygen atoms in total. The molecule has 31 heavy (non-hydrogen) atoms. The average Bonchev–Trinajstić information content (AvgIpc) is 3.51. The van der Waals surface area contributed by atoms with E-state index in [9.17, 15) is 4.79 Å². The molecule has 0 radical (unpaired) electrons. The number of hydrogen-bond acceptors (Lipinski definition) is 4. The molecule has 0 aliphatic heterocycles. The van der Waals surface area contributed by atoms with Crippen LogP contribution in [0.2, 0.25) is 0 Å². The van der Waals surface area contributed by atoms with E-state index < -0.39 is 0 Å². The lowest BCUT2D eigenvalue weighted by Gasteiger charge is -2.27. The average molecular weight is 419 g/mol. The van der Waals surface area contributed by atoms with Gasteiger partial charge in [-0.2, -0.15) is 5.10 Å². The van der Waals surface area contributed by atoms with E-state index in [0.717, 1.165) is 50.0 Å². The van der Waals surface area contributed by atoms with Crippen molar-refractivity contribution in [2.75, 3.05) is 7.05 Å². The summed E-state index contributed by atoms with van der Waals surface area (Å²) in [7, 11) is 1.82. The summed E-state index contributed by atoms with van der Waals surface area (Å²) < 4.78 is 7.44. The zero-order valence-corrected chi connectivity index (χ0v) is 18.3. The van der Waals surface area contributed by atoms with E-state index in [4.69, 9.17) is 9.52 Å². The second kappa shape index (κ2) is 8.35. The summed E-state index contributed by atoms with van der Waals surface area (Å²) in [5, 5.41) is 8.61. The highest BCUT2D eigenvalue weighted by Crippen LogP contribution is 2.28. The summed E-state index contributed by atoms with van der Waals surface area (Å²) in [5.41, 5.74) is 5.88. The van der Waals surface area contributed by atoms with Crippen molar-refractivity contribution in [1.29, 1.82) is 0 Å². The quantitative estimate of drug-likeness (QED) is 0.667. The molecule has 162 valence electrons. The number of nitrogens with zero attached hydrogens (tertiary/aromatic N) is 3. The molecule has 1 aromatic carbocycles. The molecule has 0 unspecified atom stereocenters. The minimum Gasteiger partial charge on any atom is -0.467 e. The summed E-state index contributed by atoms with van der Waals surface area (Å²) in [6, 6.07) is 13.3. The third-order valence-electron chi connectivity index (χ3n) is 6.69. The van der Waals surface area contributed by atoms with Gasteiger partial charge in [-0.05, 0) is 62.3 Å². The minimum absolute atomic E-state index is 0.0335. The summed E-state index contributed by atoms with van der Waals surface area (Å²) in [4.78, 5) is 15.0. The van der Waals surface area contributed by atoms with E-state index in [1.165, 1.54) is 16.8 Å². The molecule has 1 atom stereocenters. The van der Waals surface area contributed by atoms with Crippen LogP contribution in [0.4, 0.5) is 0 Å². The van der Waals surface area contributed by atoms with Crippen LogP contribution in [0, 0.1) is 0 Å². The van der Waals surface area contributed by atoms with E-state index >= 15 is 0 Å². The van der Waals surface area contributed by atoms with Gasteiger partial charge in [0.1, 0.15) is 5.76 Å². The Bertz CT molecular complexity index is 1040. The van der Waals surface area contributed by atoms with E-state index in [1.54, 1.807) is 11.2 Å². The molecule has 2 aromatic heterocycles. The minimum atomic E-state index is -0.0335. The molecule has 0 spiro atoms. The molecule has 2 aliphatic rings. The maximum Gasteiger partial charge on any atom is 0.274 e. The van der Waals surface area contributed by atoms with Gasteiger partial charge in [-0.1, -0.05) is 24.3 Å². The third kappa shape index (κ3) is 3.92. The normalized spacial score (nSPS) is 18.1. The maximum absolute atomic E-state index is 13.3. The van der Waals surface area contributed by atoms with E-state index in [1.807, 2.05) is 23.9 Å². The topological polar surface area (TPSA) is 63.3 Å². The van der Waals surface area contributed by atoms with Crippen LogP contribution in [0.5, 0.6) is 0 Å². The Morgan fingerprint density at radius 1 is 1.16 bits per heavy atom. The molecule has 5 rings (SSSR count). The molecule has 0 saturated heterocycles. The number of fused-ring (bicyclic) bond motifs is 2. The number of carbonyl (C=O) groups excluding carboxylic acids is 1. The Balaban J connectivity index is 1.32. The SMILES string of the molecule is CCn1nc(C(=O)N(C)Cc2ccco2)c2c1CC[C@H](NC1Cc3ccccc3C1)C2. The van der Waals surface area contributed by atoms with Gasteiger partial charge in [0, 0.05) is 36.9 Å². The van der Waals surface area contributed by atoms with Gasteiger partial charge in [0.25, 0.3) is 5.91 Å². The largest absolute Gasteiger partial charge is 0.467 e. The molecule has 6 heteroatoms. The third-order valence-corrected chi connectivity index (χ3v) is 6.69. The number of furan rings is 1. The number of amides is 1. The van der Waals surface area contributed by atoms with Crippen LogP contribution < -0.4 is 5.32 Å². The van der Waals surface area contributed by atoms with Crippen LogP contribution in [-0.2, 0) is 38.8 Å². The molecule has 0 saturated carbocycles. The van der Waals surface area contributed by atoms with Crippen molar-refractivity contribution in [2.45, 2.75) is 64.2 Å². The Hall–Kier alpha value is -2.86. The summed E-state index contributed by atoms with van der Waals surface area (Å²) >= 11 is 0. The van der Waals surface area contributed by atoms with Gasteiger partial charge in [0.15, 0.2) is 5.69 Å². The summed E-state index contributed by atoms with van der Waals surface area (Å²) in [6.07, 6.45) is 6.72. The highest BCUT2D eigenvalue weighted by molar-refractivity contribution is 5.94. The van der Waals surface area contributed by atoms with Gasteiger partial charge in [0.05, 0.1) is 12.8 Å². The van der Waals surface area contributed by atoms with Crippen LogP contribution in [0.15, 0.2) is 47.1 Å². The highest BCUT2D eigenvalue weighted by Gasteiger charge is 2.32. The van der Waals surface area contributed by atoms with Crippen LogP contribution >= 0.6 is 0 Å². The number of aryl methyl sites for hydroxylation is 1. The molecule has 2 heterocycles. The number of benzene rings is 1. The van der Waals surface area contributed by atoms with Gasteiger partial charge in [-0.15, -0.1) is 0 Å². The lowest BCUT2D eigenvalue weighted by molar-refractivity contribution is 0.0767. The van der Waals surface area contributed by atoms with Gasteiger partial charge in [-0.3, -0.25) is 9.48 Å². The summed E-state index contributed by atoms with van der Waals surface area (Å²) in [6.45, 7) is 3.32. The first-order valence-electron chi connectivity index (χ1n) is 11.3. The fourth-order valence-electron chi connectivity index (χ4n) is 5.16. The second-order valence-corrected chi connectivity index (χ2v) is 8.81. The predicted molar refractivity (Wildman–Crippen MR) is 119 cm³/mol. The van der Waals surface area contributed by atoms with Crippen molar-refractivity contribution < 1.29 is 9.21 Å². The number of carbonyl (C=O) groups is 1. The van der Waals surface area contributed by atoms with Gasteiger partial charge in [-0.25, -0.2) is 0 Å². The first-order valence-corrected chi connectivity index (χ1v) is 11.3. The highest BCUT2D eigenvalue weighted by atomic mass is 16.3. The van der Waals surface area contributed by atoms with E-state index in [0.29, 0.717) is 24.3 Å². The fraction of sp³-hybridized carbons (Fsp3) is 0.440. The van der Waals surface area contributed by atoms with Crippen molar-refractivity contribution in [3.8, 4) is 0 Å². The lowest BCUT2D eigenvalue weighted by Crippen LogP contribution is -2.42. The number of rotatable bonds is 6. The molecule has 0 bridgehead atoms. The van der Waals surface area contributed by atoms with Crippen LogP contribution in [0.25, 0.3) is 0 Å². The van der Waals surface area contributed by atoms with Crippen molar-refractivity contribution in [1.82, 2.24) is 20.0 Å². The van der Waals surface area contributed by atoms with E-state index in [-0.39, 0.29) is 5.91 Å². The first-order chi connectivity index (χ1) is 15.1. The molecule has 3 aromatic rings. The molecular weight excluding hydrogens is 388 g/mol. The standard InChI is InChI=1S/C25H30N4O2/c1-3-29-23-11-10-19(26-20-13-17-7-4-5-8-18(17)14-20)15-22(23)24(27-29)25(30)28(2)16-21-9-6-12-31-21/h4-9,12,19-20,26H,3,10-11,13-16H2,1-2H3/t19-/m0/s1. The van der Waals surface area contributed by atoms with Crippen molar-refractivity contribution >= 4 is 5.91 Å². The first kappa shape index (κ1) is 20.1. The Morgan fingerprint density at radius 3 is 2.61 bits per heavy atom. The number of hydrogen-bond donors (Lipinski definition) is 1. The van der Waals surface area contributed by atoms with Crippen LogP contribution in [0.3, 0.4) is 0 Å². The van der Waals surface area contributed by atoms with Crippen molar-refractivity contribution in [3.05, 3.63) is 76.5 Å². The molecule has 0 fully saturated rings. The van der Waals surface area contributed by atoms with Crippen LogP contribution in [-0.4, -0.2) is 39.7 Å². The van der Waals surface area contributed by atoms with Crippen LogP contribution in [0.1, 0.15) is 52.0 Å². The lowest BCUT2D eigenvalue weighted by atomic mass is 9.90. The van der Waals surface area contributed by atoms with Gasteiger partial charge in [0.2, 0.25) is 0 Å². The van der Waals surface area contributed by atoms with Gasteiger partial charge < -0.3 is 14.6 Å². The van der Waals surface area contributed by atoms with Crippen molar-refractivity contribution in [2.24, 2.45) is 0 Å².